The summed E-state index contributed by atoms with van der Waals surface area (Å²) in [6.45, 7) is 9.51. The lowest BCUT2D eigenvalue weighted by Gasteiger charge is -2.22. The number of amides is 1. The topological polar surface area (TPSA) is 23.6 Å². The van der Waals surface area contributed by atoms with Gasteiger partial charge in [-0.25, -0.2) is 0 Å². The van der Waals surface area contributed by atoms with Crippen LogP contribution >= 0.6 is 0 Å². The van der Waals surface area contributed by atoms with Crippen molar-refractivity contribution in [1.29, 1.82) is 0 Å². The number of hydrogen-bond donors (Lipinski definition) is 0. The lowest BCUT2D eigenvalue weighted by molar-refractivity contribution is -0.131. The zero-order chi connectivity index (χ0) is 12.4. The van der Waals surface area contributed by atoms with Crippen molar-refractivity contribution < 1.29 is 4.79 Å². The normalized spacial score (nSPS) is 10.8. The molecule has 0 fully saturated rings. The fraction of sp³-hybridized carbons (Fsp3) is 0.923. The Bertz CT molecular complexity index is 179. The zero-order valence-electron chi connectivity index (χ0n) is 11.5. The number of likely N-dealkylation sites (N-methyl/N-ethyl adjacent to an activating group) is 2. The fourth-order valence-electron chi connectivity index (χ4n) is 1.79. The predicted octanol–water partition coefficient (Wildman–Crippen LogP) is 2.37. The first-order valence-corrected chi connectivity index (χ1v) is 6.61. The van der Waals surface area contributed by atoms with Crippen LogP contribution in [0.25, 0.3) is 0 Å². The molecular weight excluding hydrogens is 200 g/mol. The van der Waals surface area contributed by atoms with E-state index < -0.39 is 0 Å². The van der Waals surface area contributed by atoms with Gasteiger partial charge in [-0.3, -0.25) is 9.69 Å². The minimum atomic E-state index is 0.253. The average Bonchev–Trinajstić information content (AvgIpc) is 2.26. The highest BCUT2D eigenvalue weighted by atomic mass is 16.2. The maximum Gasteiger partial charge on any atom is 0.236 e. The van der Waals surface area contributed by atoms with Gasteiger partial charge in [-0.05, 0) is 33.9 Å². The first-order valence-electron chi connectivity index (χ1n) is 6.61. The highest BCUT2D eigenvalue weighted by molar-refractivity contribution is 5.78. The third-order valence-corrected chi connectivity index (χ3v) is 2.91. The van der Waals surface area contributed by atoms with Gasteiger partial charge < -0.3 is 4.90 Å². The van der Waals surface area contributed by atoms with Crippen LogP contribution in [0.4, 0.5) is 0 Å². The van der Waals surface area contributed by atoms with Crippen molar-refractivity contribution >= 4 is 5.91 Å². The van der Waals surface area contributed by atoms with Gasteiger partial charge in [-0.15, -0.1) is 0 Å². The van der Waals surface area contributed by atoms with Crippen LogP contribution in [0.15, 0.2) is 0 Å². The SMILES string of the molecule is CCCCCCN(C)CC(=O)N(CC)CC. The van der Waals surface area contributed by atoms with Gasteiger partial charge >= 0.3 is 0 Å². The van der Waals surface area contributed by atoms with Gasteiger partial charge in [0.1, 0.15) is 0 Å². The first kappa shape index (κ1) is 15.4. The van der Waals surface area contributed by atoms with Crippen LogP contribution in [0.2, 0.25) is 0 Å². The molecule has 0 rings (SSSR count). The second kappa shape index (κ2) is 9.64. The molecule has 3 heteroatoms. The summed E-state index contributed by atoms with van der Waals surface area (Å²) in [4.78, 5) is 15.8. The first-order chi connectivity index (χ1) is 7.65. The molecule has 0 bridgehead atoms. The van der Waals surface area contributed by atoms with Crippen molar-refractivity contribution in [2.45, 2.75) is 46.5 Å². The maximum absolute atomic E-state index is 11.8. The Morgan fingerprint density at radius 3 is 2.12 bits per heavy atom. The van der Waals surface area contributed by atoms with Crippen LogP contribution in [-0.2, 0) is 4.79 Å². The summed E-state index contributed by atoms with van der Waals surface area (Å²) in [5.41, 5.74) is 0. The Balaban J connectivity index is 3.68. The Labute approximate surface area is 101 Å². The van der Waals surface area contributed by atoms with Crippen LogP contribution in [0, 0.1) is 0 Å². The number of rotatable bonds is 9. The summed E-state index contributed by atoms with van der Waals surface area (Å²) in [7, 11) is 2.04. The van der Waals surface area contributed by atoms with E-state index in [9.17, 15) is 4.79 Å². The average molecular weight is 228 g/mol. The molecule has 0 atom stereocenters. The summed E-state index contributed by atoms with van der Waals surface area (Å²) >= 11 is 0. The van der Waals surface area contributed by atoms with Gasteiger partial charge in [0.15, 0.2) is 0 Å². The number of carbonyl (C=O) groups is 1. The van der Waals surface area contributed by atoms with E-state index in [-0.39, 0.29) is 5.91 Å². The van der Waals surface area contributed by atoms with Crippen molar-refractivity contribution in [2.24, 2.45) is 0 Å². The Hall–Kier alpha value is -0.570. The van der Waals surface area contributed by atoms with Gasteiger partial charge in [-0.2, -0.15) is 0 Å². The van der Waals surface area contributed by atoms with Crippen molar-refractivity contribution in [3.8, 4) is 0 Å². The number of unbranched alkanes of at least 4 members (excludes halogenated alkanes) is 3. The fourth-order valence-corrected chi connectivity index (χ4v) is 1.79. The van der Waals surface area contributed by atoms with E-state index in [4.69, 9.17) is 0 Å². The summed E-state index contributed by atoms with van der Waals surface area (Å²) in [5.74, 6) is 0.253. The third kappa shape index (κ3) is 6.83. The van der Waals surface area contributed by atoms with E-state index in [0.29, 0.717) is 6.54 Å². The smallest absolute Gasteiger partial charge is 0.236 e. The highest BCUT2D eigenvalue weighted by Crippen LogP contribution is 2.00. The largest absolute Gasteiger partial charge is 0.342 e. The molecule has 0 spiro atoms. The third-order valence-electron chi connectivity index (χ3n) is 2.91. The molecule has 0 heterocycles. The van der Waals surface area contributed by atoms with E-state index in [1.54, 1.807) is 0 Å². The van der Waals surface area contributed by atoms with E-state index in [1.807, 2.05) is 25.8 Å². The van der Waals surface area contributed by atoms with Gasteiger partial charge in [-0.1, -0.05) is 26.2 Å². The second-order valence-electron chi connectivity index (χ2n) is 4.36. The van der Waals surface area contributed by atoms with Gasteiger partial charge in [0, 0.05) is 13.1 Å². The molecule has 0 aromatic heterocycles. The molecular formula is C13H28N2O. The number of carbonyl (C=O) groups excluding carboxylic acids is 1. The van der Waals surface area contributed by atoms with Crippen molar-refractivity contribution in [2.75, 3.05) is 33.2 Å². The van der Waals surface area contributed by atoms with E-state index in [2.05, 4.69) is 11.8 Å². The molecule has 0 aromatic rings. The molecule has 0 N–H and O–H groups in total. The molecule has 0 saturated heterocycles. The van der Waals surface area contributed by atoms with Crippen LogP contribution in [0.3, 0.4) is 0 Å². The van der Waals surface area contributed by atoms with Crippen LogP contribution < -0.4 is 0 Å². The van der Waals surface area contributed by atoms with Crippen LogP contribution in [-0.4, -0.2) is 48.9 Å². The van der Waals surface area contributed by atoms with E-state index in [0.717, 1.165) is 19.6 Å². The lowest BCUT2D eigenvalue weighted by atomic mass is 10.2. The molecule has 0 aromatic carbocycles. The maximum atomic E-state index is 11.8. The minimum Gasteiger partial charge on any atom is -0.342 e. The molecule has 96 valence electrons. The summed E-state index contributed by atoms with van der Waals surface area (Å²) in [6, 6.07) is 0. The highest BCUT2D eigenvalue weighted by Gasteiger charge is 2.11. The minimum absolute atomic E-state index is 0.253. The van der Waals surface area contributed by atoms with Gasteiger partial charge in [0.2, 0.25) is 5.91 Å². The lowest BCUT2D eigenvalue weighted by Crippen LogP contribution is -2.39. The zero-order valence-corrected chi connectivity index (χ0v) is 11.5. The van der Waals surface area contributed by atoms with E-state index >= 15 is 0 Å². The standard InChI is InChI=1S/C13H28N2O/c1-5-8-9-10-11-14(4)12-13(16)15(6-2)7-3/h5-12H2,1-4H3. The summed E-state index contributed by atoms with van der Waals surface area (Å²) in [6.07, 6.45) is 5.05. The molecule has 0 radical (unpaired) electrons. The van der Waals surface area contributed by atoms with Gasteiger partial charge in [0.25, 0.3) is 0 Å². The van der Waals surface area contributed by atoms with Gasteiger partial charge in [0.05, 0.1) is 6.54 Å². The van der Waals surface area contributed by atoms with Crippen LogP contribution in [0.5, 0.6) is 0 Å². The molecule has 16 heavy (non-hydrogen) atoms. The molecule has 0 aliphatic carbocycles. The monoisotopic (exact) mass is 228 g/mol. The van der Waals surface area contributed by atoms with Crippen LogP contribution in [0.1, 0.15) is 46.5 Å². The quantitative estimate of drug-likeness (QED) is 0.566. The summed E-state index contributed by atoms with van der Waals surface area (Å²) in [5, 5.41) is 0. The van der Waals surface area contributed by atoms with Crippen molar-refractivity contribution in [1.82, 2.24) is 9.80 Å². The molecule has 0 unspecified atom stereocenters. The molecule has 3 nitrogen and oxygen atoms in total. The molecule has 1 amide bonds. The van der Waals surface area contributed by atoms with Crippen molar-refractivity contribution in [3.63, 3.8) is 0 Å². The molecule has 0 saturated carbocycles. The Morgan fingerprint density at radius 2 is 1.62 bits per heavy atom. The number of hydrogen-bond acceptors (Lipinski definition) is 2. The second-order valence-corrected chi connectivity index (χ2v) is 4.36. The van der Waals surface area contributed by atoms with E-state index in [1.165, 1.54) is 25.7 Å². The number of nitrogens with zero attached hydrogens (tertiary/aromatic N) is 2. The Kier molecular flexibility index (Phi) is 9.30. The molecule has 0 aliphatic rings. The van der Waals surface area contributed by atoms with Crippen molar-refractivity contribution in [3.05, 3.63) is 0 Å². The predicted molar refractivity (Wildman–Crippen MR) is 69.6 cm³/mol. The summed E-state index contributed by atoms with van der Waals surface area (Å²) < 4.78 is 0. The molecule has 0 aliphatic heterocycles. The Morgan fingerprint density at radius 1 is 1.00 bits per heavy atom.